The van der Waals surface area contributed by atoms with E-state index in [1.54, 1.807) is 27.7 Å². The molecule has 1 aromatic rings. The molecule has 0 saturated heterocycles. The molecule has 0 bridgehead atoms. The van der Waals surface area contributed by atoms with E-state index in [0.29, 0.717) is 5.56 Å². The SMILES string of the molecule is Cc1cc(C(=O)N[C@@H](C(=O)O)C(C)(C)C)ccc1F. The molecule has 0 aliphatic carbocycles. The number of carboxylic acids is 1. The minimum absolute atomic E-state index is 0.245. The summed E-state index contributed by atoms with van der Waals surface area (Å²) in [5.41, 5.74) is -0.0268. The zero-order valence-corrected chi connectivity index (χ0v) is 11.5. The van der Waals surface area contributed by atoms with Crippen molar-refractivity contribution in [3.05, 3.63) is 35.1 Å². The predicted molar refractivity (Wildman–Crippen MR) is 69.5 cm³/mol. The number of nitrogens with one attached hydrogen (secondary N) is 1. The van der Waals surface area contributed by atoms with Crippen LogP contribution in [0.2, 0.25) is 0 Å². The fourth-order valence-electron chi connectivity index (χ4n) is 1.65. The fraction of sp³-hybridized carbons (Fsp3) is 0.429. The summed E-state index contributed by atoms with van der Waals surface area (Å²) in [5.74, 6) is -2.02. The normalized spacial score (nSPS) is 12.9. The van der Waals surface area contributed by atoms with E-state index in [4.69, 9.17) is 5.11 Å². The van der Waals surface area contributed by atoms with E-state index in [-0.39, 0.29) is 5.56 Å². The third-order valence-corrected chi connectivity index (χ3v) is 2.81. The Labute approximate surface area is 111 Å². The Hall–Kier alpha value is -1.91. The summed E-state index contributed by atoms with van der Waals surface area (Å²) >= 11 is 0. The standard InChI is InChI=1S/C14H18FNO3/c1-8-7-9(5-6-10(8)15)12(17)16-11(13(18)19)14(2,3)4/h5-7,11H,1-4H3,(H,16,17)(H,18,19)/t11-/m0/s1. The topological polar surface area (TPSA) is 66.4 Å². The summed E-state index contributed by atoms with van der Waals surface area (Å²) in [4.78, 5) is 23.1. The van der Waals surface area contributed by atoms with E-state index in [2.05, 4.69) is 5.32 Å². The molecule has 4 nitrogen and oxygen atoms in total. The van der Waals surface area contributed by atoms with Crippen LogP contribution in [0.1, 0.15) is 36.7 Å². The Morgan fingerprint density at radius 1 is 1.32 bits per heavy atom. The summed E-state index contributed by atoms with van der Waals surface area (Å²) in [6, 6.07) is 2.91. The van der Waals surface area contributed by atoms with Gasteiger partial charge in [0.05, 0.1) is 0 Å². The lowest BCUT2D eigenvalue weighted by molar-refractivity contribution is -0.142. The van der Waals surface area contributed by atoms with Gasteiger partial charge in [-0.3, -0.25) is 4.79 Å². The van der Waals surface area contributed by atoms with E-state index in [1.807, 2.05) is 0 Å². The van der Waals surface area contributed by atoms with Gasteiger partial charge in [0.1, 0.15) is 11.9 Å². The van der Waals surface area contributed by atoms with Crippen LogP contribution in [0.15, 0.2) is 18.2 Å². The Morgan fingerprint density at radius 3 is 2.32 bits per heavy atom. The molecule has 5 heteroatoms. The number of hydrogen-bond donors (Lipinski definition) is 2. The van der Waals surface area contributed by atoms with Crippen molar-refractivity contribution < 1.29 is 19.1 Å². The third-order valence-electron chi connectivity index (χ3n) is 2.81. The van der Waals surface area contributed by atoms with Crippen LogP contribution in [0.5, 0.6) is 0 Å². The highest BCUT2D eigenvalue weighted by atomic mass is 19.1. The summed E-state index contributed by atoms with van der Waals surface area (Å²) in [6.07, 6.45) is 0. The lowest BCUT2D eigenvalue weighted by Gasteiger charge is -2.27. The highest BCUT2D eigenvalue weighted by Crippen LogP contribution is 2.20. The molecule has 1 amide bonds. The van der Waals surface area contributed by atoms with E-state index in [9.17, 15) is 14.0 Å². The van der Waals surface area contributed by atoms with Crippen LogP contribution in [0.25, 0.3) is 0 Å². The number of carboxylic acid groups (broad SMARTS) is 1. The molecule has 0 aliphatic heterocycles. The van der Waals surface area contributed by atoms with Crippen molar-refractivity contribution in [3.63, 3.8) is 0 Å². The van der Waals surface area contributed by atoms with Crippen molar-refractivity contribution >= 4 is 11.9 Å². The van der Waals surface area contributed by atoms with E-state index in [0.717, 1.165) is 0 Å². The van der Waals surface area contributed by atoms with Crippen molar-refractivity contribution in [2.24, 2.45) is 5.41 Å². The quantitative estimate of drug-likeness (QED) is 0.883. The molecule has 0 aromatic heterocycles. The number of rotatable bonds is 3. The van der Waals surface area contributed by atoms with Crippen LogP contribution in [0.4, 0.5) is 4.39 Å². The monoisotopic (exact) mass is 267 g/mol. The van der Waals surface area contributed by atoms with Gasteiger partial charge in [-0.2, -0.15) is 0 Å². The minimum Gasteiger partial charge on any atom is -0.480 e. The Morgan fingerprint density at radius 2 is 1.89 bits per heavy atom. The van der Waals surface area contributed by atoms with Crippen LogP contribution < -0.4 is 5.32 Å². The van der Waals surface area contributed by atoms with Crippen molar-refractivity contribution in [1.82, 2.24) is 5.32 Å². The molecule has 0 spiro atoms. The maximum Gasteiger partial charge on any atom is 0.326 e. The summed E-state index contributed by atoms with van der Waals surface area (Å²) in [7, 11) is 0. The van der Waals surface area contributed by atoms with Crippen molar-refractivity contribution in [2.75, 3.05) is 0 Å². The van der Waals surface area contributed by atoms with Gasteiger partial charge in [0, 0.05) is 5.56 Å². The fourth-order valence-corrected chi connectivity index (χ4v) is 1.65. The predicted octanol–water partition coefficient (Wildman–Crippen LogP) is 2.36. The molecule has 1 rings (SSSR count). The third kappa shape index (κ3) is 3.77. The molecule has 19 heavy (non-hydrogen) atoms. The van der Waals surface area contributed by atoms with Gasteiger partial charge in [-0.25, -0.2) is 9.18 Å². The largest absolute Gasteiger partial charge is 0.480 e. The smallest absolute Gasteiger partial charge is 0.326 e. The van der Waals surface area contributed by atoms with Crippen LogP contribution >= 0.6 is 0 Å². The van der Waals surface area contributed by atoms with Gasteiger partial charge < -0.3 is 10.4 Å². The molecule has 1 aromatic carbocycles. The number of aliphatic carboxylic acids is 1. The first kappa shape index (κ1) is 15.1. The van der Waals surface area contributed by atoms with Gasteiger partial charge in [-0.15, -0.1) is 0 Å². The van der Waals surface area contributed by atoms with Crippen molar-refractivity contribution in [2.45, 2.75) is 33.7 Å². The van der Waals surface area contributed by atoms with Crippen LogP contribution in [-0.4, -0.2) is 23.0 Å². The second kappa shape index (κ2) is 5.38. The van der Waals surface area contributed by atoms with Gasteiger partial charge in [-0.05, 0) is 36.1 Å². The zero-order valence-electron chi connectivity index (χ0n) is 11.5. The van der Waals surface area contributed by atoms with E-state index < -0.39 is 29.2 Å². The molecular formula is C14H18FNO3. The maximum absolute atomic E-state index is 13.1. The van der Waals surface area contributed by atoms with Crippen LogP contribution in [-0.2, 0) is 4.79 Å². The highest BCUT2D eigenvalue weighted by molar-refractivity contribution is 5.96. The second-order valence-corrected chi connectivity index (χ2v) is 5.57. The molecule has 0 saturated carbocycles. The number of benzene rings is 1. The average molecular weight is 267 g/mol. The lowest BCUT2D eigenvalue weighted by atomic mass is 9.86. The Kier molecular flexibility index (Phi) is 4.29. The van der Waals surface area contributed by atoms with E-state index >= 15 is 0 Å². The Balaban J connectivity index is 2.94. The molecule has 104 valence electrons. The molecule has 0 fully saturated rings. The summed E-state index contributed by atoms with van der Waals surface area (Å²) in [6.45, 7) is 6.72. The molecular weight excluding hydrogens is 249 g/mol. The number of hydrogen-bond acceptors (Lipinski definition) is 2. The zero-order chi connectivity index (χ0) is 14.8. The molecule has 0 unspecified atom stereocenters. The maximum atomic E-state index is 13.1. The molecule has 0 heterocycles. The first-order valence-electron chi connectivity index (χ1n) is 5.92. The summed E-state index contributed by atoms with van der Waals surface area (Å²) < 4.78 is 13.1. The van der Waals surface area contributed by atoms with E-state index in [1.165, 1.54) is 18.2 Å². The second-order valence-electron chi connectivity index (χ2n) is 5.57. The van der Waals surface area contributed by atoms with Gasteiger partial charge in [0.2, 0.25) is 0 Å². The first-order chi connectivity index (χ1) is 8.62. The molecule has 1 atom stereocenters. The molecule has 0 radical (unpaired) electrons. The molecule has 2 N–H and O–H groups in total. The minimum atomic E-state index is -1.10. The molecule has 0 aliphatic rings. The number of amides is 1. The highest BCUT2D eigenvalue weighted by Gasteiger charge is 2.32. The van der Waals surface area contributed by atoms with Gasteiger partial charge in [0.25, 0.3) is 5.91 Å². The van der Waals surface area contributed by atoms with Gasteiger partial charge in [0.15, 0.2) is 0 Å². The van der Waals surface area contributed by atoms with Crippen molar-refractivity contribution in [3.8, 4) is 0 Å². The number of halogens is 1. The van der Waals surface area contributed by atoms with Crippen molar-refractivity contribution in [1.29, 1.82) is 0 Å². The number of carbonyl (C=O) groups excluding carboxylic acids is 1. The lowest BCUT2D eigenvalue weighted by Crippen LogP contribution is -2.49. The van der Waals surface area contributed by atoms with Crippen LogP contribution in [0.3, 0.4) is 0 Å². The van der Waals surface area contributed by atoms with Gasteiger partial charge >= 0.3 is 5.97 Å². The summed E-state index contributed by atoms with van der Waals surface area (Å²) in [5, 5.41) is 11.6. The van der Waals surface area contributed by atoms with Gasteiger partial charge in [-0.1, -0.05) is 20.8 Å². The number of carbonyl (C=O) groups is 2. The van der Waals surface area contributed by atoms with Crippen LogP contribution in [0, 0.1) is 18.2 Å². The first-order valence-corrected chi connectivity index (χ1v) is 5.92. The average Bonchev–Trinajstić information content (AvgIpc) is 2.27. The Bertz CT molecular complexity index is 506. The number of aryl methyl sites for hydroxylation is 1.